The van der Waals surface area contributed by atoms with E-state index in [2.05, 4.69) is 19.9 Å². The summed E-state index contributed by atoms with van der Waals surface area (Å²) < 4.78 is 0. The molecule has 0 bridgehead atoms. The van der Waals surface area contributed by atoms with Crippen molar-refractivity contribution >= 4 is 10.2 Å². The predicted molar refractivity (Wildman–Crippen MR) is 45.8 cm³/mol. The molecule has 0 aliphatic heterocycles. The number of hydrogen-bond acceptors (Lipinski definition) is 0. The highest BCUT2D eigenvalue weighted by atomic mass is 28.1. The molecule has 2 atom stereocenters. The first-order valence-electron chi connectivity index (χ1n) is 3.92. The monoisotopic (exact) mass is 140 g/mol. The third-order valence-electron chi connectivity index (χ3n) is 2.52. The highest BCUT2D eigenvalue weighted by Crippen LogP contribution is 2.35. The molecule has 1 heteroatoms. The summed E-state index contributed by atoms with van der Waals surface area (Å²) in [5.74, 6) is 0.955. The molecular formula is C8H16Si. The maximum Gasteiger partial charge on any atom is 0.00788 e. The Kier molecular flexibility index (Phi) is 2.12. The third-order valence-corrected chi connectivity index (χ3v) is 3.80. The van der Waals surface area contributed by atoms with Gasteiger partial charge in [0.2, 0.25) is 0 Å². The Morgan fingerprint density at radius 1 is 1.78 bits per heavy atom. The van der Waals surface area contributed by atoms with Crippen LogP contribution in [0.1, 0.15) is 26.7 Å². The van der Waals surface area contributed by atoms with Gasteiger partial charge in [-0.2, -0.15) is 0 Å². The Morgan fingerprint density at radius 2 is 2.44 bits per heavy atom. The first-order chi connectivity index (χ1) is 4.25. The molecule has 0 saturated heterocycles. The summed E-state index contributed by atoms with van der Waals surface area (Å²) in [6.07, 6.45) is 5.15. The summed E-state index contributed by atoms with van der Waals surface area (Å²) in [4.78, 5) is 0. The molecule has 0 fully saturated rings. The zero-order chi connectivity index (χ0) is 6.85. The second-order valence-electron chi connectivity index (χ2n) is 3.18. The zero-order valence-corrected chi connectivity index (χ0v) is 8.65. The van der Waals surface area contributed by atoms with Crippen molar-refractivity contribution in [3.63, 3.8) is 0 Å². The van der Waals surface area contributed by atoms with Gasteiger partial charge in [-0.25, -0.2) is 0 Å². The normalized spacial score (nSPS) is 35.1. The topological polar surface area (TPSA) is 0 Å². The lowest BCUT2D eigenvalue weighted by molar-refractivity contribution is 0.584. The lowest BCUT2D eigenvalue weighted by Crippen LogP contribution is -2.02. The van der Waals surface area contributed by atoms with Gasteiger partial charge in [-0.05, 0) is 31.2 Å². The molecule has 0 nitrogen and oxygen atoms in total. The van der Waals surface area contributed by atoms with Crippen LogP contribution in [0.2, 0.25) is 5.54 Å². The van der Waals surface area contributed by atoms with Gasteiger partial charge < -0.3 is 0 Å². The van der Waals surface area contributed by atoms with Gasteiger partial charge in [-0.3, -0.25) is 0 Å². The van der Waals surface area contributed by atoms with Gasteiger partial charge in [0.1, 0.15) is 0 Å². The van der Waals surface area contributed by atoms with Crippen LogP contribution in [0.4, 0.5) is 0 Å². The fourth-order valence-electron chi connectivity index (χ4n) is 1.86. The van der Waals surface area contributed by atoms with E-state index >= 15 is 0 Å². The molecular weight excluding hydrogens is 124 g/mol. The number of allylic oxidation sites excluding steroid dienone is 2. The molecule has 0 saturated carbocycles. The van der Waals surface area contributed by atoms with Crippen molar-refractivity contribution in [3.8, 4) is 0 Å². The molecule has 0 spiro atoms. The Morgan fingerprint density at radius 3 is 2.67 bits per heavy atom. The summed E-state index contributed by atoms with van der Waals surface area (Å²) in [6, 6.07) is 0. The number of hydrogen-bond donors (Lipinski definition) is 0. The van der Waals surface area contributed by atoms with Crippen LogP contribution in [-0.4, -0.2) is 10.2 Å². The van der Waals surface area contributed by atoms with Crippen LogP contribution >= 0.6 is 0 Å². The van der Waals surface area contributed by atoms with Crippen LogP contribution < -0.4 is 0 Å². The molecule has 0 aromatic rings. The van der Waals surface area contributed by atoms with E-state index in [9.17, 15) is 0 Å². The minimum Gasteiger partial charge on any atom is -0.0854 e. The van der Waals surface area contributed by atoms with Crippen LogP contribution in [-0.2, 0) is 0 Å². The van der Waals surface area contributed by atoms with E-state index < -0.39 is 0 Å². The molecule has 52 valence electrons. The first-order valence-corrected chi connectivity index (χ1v) is 5.07. The molecule has 0 radical (unpaired) electrons. The molecule has 1 rings (SSSR count). The van der Waals surface area contributed by atoms with E-state index in [0.29, 0.717) is 0 Å². The van der Waals surface area contributed by atoms with Crippen LogP contribution in [0, 0.1) is 5.92 Å². The summed E-state index contributed by atoms with van der Waals surface area (Å²) in [5.41, 5.74) is 2.70. The van der Waals surface area contributed by atoms with E-state index in [1.54, 1.807) is 5.57 Å². The second kappa shape index (κ2) is 2.69. The molecule has 9 heavy (non-hydrogen) atoms. The van der Waals surface area contributed by atoms with Crippen LogP contribution in [0.5, 0.6) is 0 Å². The minimum atomic E-state index is 0.955. The minimum absolute atomic E-state index is 0.955. The van der Waals surface area contributed by atoms with Gasteiger partial charge in [-0.15, -0.1) is 0 Å². The summed E-state index contributed by atoms with van der Waals surface area (Å²) in [7, 11) is 1.38. The van der Waals surface area contributed by atoms with Crippen LogP contribution in [0.15, 0.2) is 11.6 Å². The Balaban J connectivity index is 2.57. The molecule has 2 unspecified atom stereocenters. The van der Waals surface area contributed by atoms with Crippen molar-refractivity contribution in [3.05, 3.63) is 11.6 Å². The average Bonchev–Trinajstić information content (AvgIpc) is 2.12. The van der Waals surface area contributed by atoms with E-state index in [4.69, 9.17) is 0 Å². The third kappa shape index (κ3) is 1.26. The van der Waals surface area contributed by atoms with E-state index in [-0.39, 0.29) is 0 Å². The highest BCUT2D eigenvalue weighted by molar-refractivity contribution is 6.12. The molecule has 1 aliphatic rings. The Hall–Kier alpha value is -0.0431. The lowest BCUT2D eigenvalue weighted by Gasteiger charge is -2.14. The van der Waals surface area contributed by atoms with Crippen molar-refractivity contribution in [1.29, 1.82) is 0 Å². The van der Waals surface area contributed by atoms with Crippen LogP contribution in [0.25, 0.3) is 0 Å². The maximum atomic E-state index is 2.42. The van der Waals surface area contributed by atoms with Crippen LogP contribution in [0.3, 0.4) is 0 Å². The number of rotatable bonds is 1. The van der Waals surface area contributed by atoms with Gasteiger partial charge in [0.15, 0.2) is 0 Å². The van der Waals surface area contributed by atoms with Gasteiger partial charge >= 0.3 is 0 Å². The standard InChI is InChI=1S/C8H16Si/c1-3-7-6(2)4-5-8(7)9/h4,7-8H,3,5H2,1-2,9H3. The fourth-order valence-corrected chi connectivity index (χ4v) is 3.09. The van der Waals surface area contributed by atoms with E-state index in [1.165, 1.54) is 23.1 Å². The quantitative estimate of drug-likeness (QED) is 0.383. The smallest absolute Gasteiger partial charge is 0.00788 e. The first kappa shape index (κ1) is 7.07. The Bertz CT molecular complexity index is 127. The maximum absolute atomic E-state index is 2.42. The van der Waals surface area contributed by atoms with Crippen molar-refractivity contribution in [2.24, 2.45) is 5.92 Å². The van der Waals surface area contributed by atoms with Crippen molar-refractivity contribution in [1.82, 2.24) is 0 Å². The summed E-state index contributed by atoms with van der Waals surface area (Å²) in [5, 5.41) is 0. The molecule has 1 aliphatic carbocycles. The highest BCUT2D eigenvalue weighted by Gasteiger charge is 2.20. The molecule has 0 aromatic carbocycles. The van der Waals surface area contributed by atoms with Gasteiger partial charge in [0.05, 0.1) is 0 Å². The molecule has 0 N–H and O–H groups in total. The average molecular weight is 140 g/mol. The molecule has 0 aromatic heterocycles. The molecule has 0 heterocycles. The van der Waals surface area contributed by atoms with Crippen molar-refractivity contribution in [2.75, 3.05) is 0 Å². The van der Waals surface area contributed by atoms with Crippen molar-refractivity contribution < 1.29 is 0 Å². The second-order valence-corrected chi connectivity index (χ2v) is 4.66. The lowest BCUT2D eigenvalue weighted by atomic mass is 10.00. The van der Waals surface area contributed by atoms with Gasteiger partial charge in [-0.1, -0.05) is 18.6 Å². The van der Waals surface area contributed by atoms with E-state index in [1.807, 2.05) is 0 Å². The SMILES string of the molecule is CCC1C(C)=CCC1[SiH3]. The van der Waals surface area contributed by atoms with Crippen molar-refractivity contribution in [2.45, 2.75) is 32.2 Å². The Labute approximate surface area is 60.8 Å². The van der Waals surface area contributed by atoms with Gasteiger partial charge in [0.25, 0.3) is 0 Å². The summed E-state index contributed by atoms with van der Waals surface area (Å²) in [6.45, 7) is 4.59. The zero-order valence-electron chi connectivity index (χ0n) is 6.65. The largest absolute Gasteiger partial charge is 0.0854 e. The summed E-state index contributed by atoms with van der Waals surface area (Å²) >= 11 is 0. The predicted octanol–water partition coefficient (Wildman–Crippen LogP) is 1.52. The molecule has 0 amide bonds. The fraction of sp³-hybridized carbons (Fsp3) is 0.750. The van der Waals surface area contributed by atoms with Gasteiger partial charge in [0, 0.05) is 10.2 Å². The van der Waals surface area contributed by atoms with E-state index in [0.717, 1.165) is 11.5 Å².